The summed E-state index contributed by atoms with van der Waals surface area (Å²) in [6, 6.07) is 12.7. The van der Waals surface area contributed by atoms with Crippen LogP contribution in [-0.4, -0.2) is 31.1 Å². The number of pyridine rings is 2. The summed E-state index contributed by atoms with van der Waals surface area (Å²) in [6.45, 7) is 2.38. The van der Waals surface area contributed by atoms with Gasteiger partial charge in [-0.25, -0.2) is 4.79 Å². The molecule has 0 bridgehead atoms. The van der Waals surface area contributed by atoms with E-state index in [1.807, 2.05) is 28.8 Å². The van der Waals surface area contributed by atoms with Gasteiger partial charge in [-0.2, -0.15) is 0 Å². The number of carbonyl (C=O) groups is 1. The van der Waals surface area contributed by atoms with E-state index in [0.29, 0.717) is 34.4 Å². The zero-order chi connectivity index (χ0) is 25.9. The first-order chi connectivity index (χ1) is 17.9. The predicted molar refractivity (Wildman–Crippen MR) is 141 cm³/mol. The molecule has 11 heteroatoms. The molecular weight excluding hydrogens is 492 g/mol. The molecule has 0 aliphatic heterocycles. The van der Waals surface area contributed by atoms with E-state index in [1.165, 1.54) is 12.4 Å². The van der Waals surface area contributed by atoms with Gasteiger partial charge < -0.3 is 5.32 Å². The van der Waals surface area contributed by atoms with E-state index in [2.05, 4.69) is 25.3 Å². The number of carbonyl (C=O) groups excluding carboxylic acids is 1. The monoisotopic (exact) mass is 516 g/mol. The Morgan fingerprint density at radius 2 is 1.89 bits per heavy atom. The Balaban J connectivity index is 1.31. The van der Waals surface area contributed by atoms with Crippen LogP contribution in [0, 0.1) is 12.8 Å². The first-order valence-corrected chi connectivity index (χ1v) is 12.5. The molecule has 5 rings (SSSR count). The Kier molecular flexibility index (Phi) is 6.94. The van der Waals surface area contributed by atoms with E-state index in [9.17, 15) is 9.59 Å². The van der Waals surface area contributed by atoms with E-state index in [4.69, 9.17) is 17.1 Å². The summed E-state index contributed by atoms with van der Waals surface area (Å²) in [6.07, 6.45) is 6.53. The number of halogens is 1. The smallest absolute Gasteiger partial charge is 0.333 e. The lowest BCUT2D eigenvalue weighted by atomic mass is 9.85. The second kappa shape index (κ2) is 10.5. The predicted octanol–water partition coefficient (Wildman–Crippen LogP) is 5.47. The van der Waals surface area contributed by atoms with Crippen LogP contribution < -0.4 is 11.0 Å². The molecule has 3 aromatic heterocycles. The standard InChI is InChI=1S/C26H25ClN8O2/c1-16-21(12-18(27)13-29-16)25(36)31-19-8-6-17(7-9-19)15-34-22-4-2-3-5-23(22)35(26(34)37)20-10-11-24(30-14-20)32-33-28/h2-5,10-14,17,19H,6-9,15H2,1H3,(H,31,36)/t17-,19-. The van der Waals surface area contributed by atoms with Crippen LogP contribution in [0.5, 0.6) is 0 Å². The number of aromatic nitrogens is 4. The maximum atomic E-state index is 13.5. The van der Waals surface area contributed by atoms with Crippen LogP contribution in [0.1, 0.15) is 41.7 Å². The summed E-state index contributed by atoms with van der Waals surface area (Å²) in [5, 5.41) is 7.06. The molecule has 1 aromatic carbocycles. The molecule has 37 heavy (non-hydrogen) atoms. The van der Waals surface area contributed by atoms with Gasteiger partial charge in [0, 0.05) is 23.7 Å². The van der Waals surface area contributed by atoms with Crippen molar-refractivity contribution < 1.29 is 4.79 Å². The highest BCUT2D eigenvalue weighted by molar-refractivity contribution is 6.30. The van der Waals surface area contributed by atoms with Crippen molar-refractivity contribution in [3.8, 4) is 5.69 Å². The molecule has 3 heterocycles. The number of hydrogen-bond acceptors (Lipinski definition) is 5. The lowest BCUT2D eigenvalue weighted by Gasteiger charge is -2.29. The van der Waals surface area contributed by atoms with Crippen molar-refractivity contribution >= 4 is 34.4 Å². The average Bonchev–Trinajstić information content (AvgIpc) is 3.18. The van der Waals surface area contributed by atoms with E-state index in [-0.39, 0.29) is 23.5 Å². The summed E-state index contributed by atoms with van der Waals surface area (Å²) < 4.78 is 3.46. The minimum atomic E-state index is -0.157. The van der Waals surface area contributed by atoms with Gasteiger partial charge in [0.05, 0.1) is 39.2 Å². The van der Waals surface area contributed by atoms with Crippen molar-refractivity contribution in [2.45, 2.75) is 45.2 Å². The van der Waals surface area contributed by atoms with E-state index in [0.717, 1.165) is 36.7 Å². The maximum absolute atomic E-state index is 13.5. The second-order valence-electron chi connectivity index (χ2n) is 9.26. The first kappa shape index (κ1) is 24.5. The number of imidazole rings is 1. The number of nitrogens with one attached hydrogen (secondary N) is 1. The molecule has 1 aliphatic rings. The molecular formula is C26H25ClN8O2. The lowest BCUT2D eigenvalue weighted by Crippen LogP contribution is -2.39. The second-order valence-corrected chi connectivity index (χ2v) is 9.70. The average molecular weight is 517 g/mol. The summed E-state index contributed by atoms with van der Waals surface area (Å²) in [7, 11) is 0. The van der Waals surface area contributed by atoms with Crippen molar-refractivity contribution in [3.05, 3.63) is 92.1 Å². The Bertz CT molecular complexity index is 1560. The Morgan fingerprint density at radius 3 is 2.59 bits per heavy atom. The van der Waals surface area contributed by atoms with Crippen LogP contribution in [-0.2, 0) is 6.54 Å². The fourth-order valence-corrected chi connectivity index (χ4v) is 5.16. The fourth-order valence-electron chi connectivity index (χ4n) is 5.00. The van der Waals surface area contributed by atoms with Crippen LogP contribution in [0.25, 0.3) is 27.2 Å². The molecule has 1 saturated carbocycles. The van der Waals surface area contributed by atoms with Crippen molar-refractivity contribution in [2.24, 2.45) is 11.0 Å². The number of nitrogens with zero attached hydrogens (tertiary/aromatic N) is 7. The molecule has 4 aromatic rings. The highest BCUT2D eigenvalue weighted by Crippen LogP contribution is 2.28. The van der Waals surface area contributed by atoms with Crippen LogP contribution in [0.4, 0.5) is 5.82 Å². The number of amides is 1. The Labute approximate surface area is 217 Å². The molecule has 10 nitrogen and oxygen atoms in total. The first-order valence-electron chi connectivity index (χ1n) is 12.1. The number of azide groups is 1. The van der Waals surface area contributed by atoms with Gasteiger partial charge in [-0.3, -0.25) is 23.9 Å². The molecule has 0 atom stereocenters. The Hall–Kier alpha value is -4.14. The van der Waals surface area contributed by atoms with Gasteiger partial charge in [-0.1, -0.05) is 23.7 Å². The lowest BCUT2D eigenvalue weighted by molar-refractivity contribution is 0.0919. The van der Waals surface area contributed by atoms with Gasteiger partial charge in [-0.05, 0) is 79.5 Å². The highest BCUT2D eigenvalue weighted by Gasteiger charge is 2.25. The van der Waals surface area contributed by atoms with Crippen molar-refractivity contribution in [1.29, 1.82) is 0 Å². The number of para-hydroxylation sites is 2. The third kappa shape index (κ3) is 5.07. The summed E-state index contributed by atoms with van der Waals surface area (Å²) >= 11 is 6.02. The molecule has 0 spiro atoms. The van der Waals surface area contributed by atoms with Crippen LogP contribution in [0.15, 0.2) is 64.8 Å². The van der Waals surface area contributed by atoms with Gasteiger partial charge in [-0.15, -0.1) is 0 Å². The summed E-state index contributed by atoms with van der Waals surface area (Å²) in [5.41, 5.74) is 11.9. The van der Waals surface area contributed by atoms with Crippen LogP contribution in [0.2, 0.25) is 5.02 Å². The maximum Gasteiger partial charge on any atom is 0.333 e. The van der Waals surface area contributed by atoms with Crippen molar-refractivity contribution in [2.75, 3.05) is 0 Å². The number of benzene rings is 1. The van der Waals surface area contributed by atoms with Crippen LogP contribution >= 0.6 is 11.6 Å². The zero-order valence-electron chi connectivity index (χ0n) is 20.2. The fraction of sp³-hybridized carbons (Fsp3) is 0.308. The third-order valence-corrected chi connectivity index (χ3v) is 7.10. The van der Waals surface area contributed by atoms with E-state index < -0.39 is 0 Å². The van der Waals surface area contributed by atoms with Gasteiger partial charge in [0.25, 0.3) is 5.91 Å². The zero-order valence-corrected chi connectivity index (χ0v) is 21.0. The van der Waals surface area contributed by atoms with E-state index in [1.54, 1.807) is 29.7 Å². The largest absolute Gasteiger partial charge is 0.349 e. The normalized spacial score (nSPS) is 17.4. The molecule has 0 radical (unpaired) electrons. The minimum Gasteiger partial charge on any atom is -0.349 e. The van der Waals surface area contributed by atoms with Gasteiger partial charge in [0.1, 0.15) is 5.82 Å². The molecule has 1 N–H and O–H groups in total. The SMILES string of the molecule is Cc1ncc(Cl)cc1C(=O)N[C@H]1CC[C@H](Cn2c(=O)n(-c3ccc(N=[N+]=[N-])nc3)c3ccccc32)CC1. The van der Waals surface area contributed by atoms with Crippen LogP contribution in [0.3, 0.4) is 0 Å². The summed E-state index contributed by atoms with van der Waals surface area (Å²) in [4.78, 5) is 37.4. The molecule has 0 unspecified atom stereocenters. The quantitative estimate of drug-likeness (QED) is 0.206. The van der Waals surface area contributed by atoms with Crippen molar-refractivity contribution in [3.63, 3.8) is 0 Å². The number of hydrogen-bond donors (Lipinski definition) is 1. The summed E-state index contributed by atoms with van der Waals surface area (Å²) in [5.74, 6) is 0.397. The number of fused-ring (bicyclic) bond motifs is 1. The Morgan fingerprint density at radius 1 is 1.14 bits per heavy atom. The van der Waals surface area contributed by atoms with Gasteiger partial charge in [0.15, 0.2) is 0 Å². The molecule has 1 fully saturated rings. The third-order valence-electron chi connectivity index (χ3n) is 6.89. The van der Waals surface area contributed by atoms with Gasteiger partial charge >= 0.3 is 5.69 Å². The molecule has 1 aliphatic carbocycles. The molecule has 1 amide bonds. The number of aryl methyl sites for hydroxylation is 1. The topological polar surface area (TPSA) is 131 Å². The molecule has 188 valence electrons. The minimum absolute atomic E-state index is 0.0702. The van der Waals surface area contributed by atoms with Gasteiger partial charge in [0.2, 0.25) is 0 Å². The van der Waals surface area contributed by atoms with E-state index >= 15 is 0 Å². The number of rotatable bonds is 6. The molecule has 0 saturated heterocycles. The van der Waals surface area contributed by atoms with Crippen molar-refractivity contribution in [1.82, 2.24) is 24.4 Å². The highest BCUT2D eigenvalue weighted by atomic mass is 35.5.